The summed E-state index contributed by atoms with van der Waals surface area (Å²) in [4.78, 5) is 13.7. The lowest BCUT2D eigenvalue weighted by Crippen LogP contribution is -2.26. The van der Waals surface area contributed by atoms with Gasteiger partial charge in [0.05, 0.1) is 0 Å². The van der Waals surface area contributed by atoms with E-state index in [1.807, 2.05) is 24.3 Å². The minimum atomic E-state index is -0.288. The average molecular weight is 306 g/mol. The average Bonchev–Trinajstić information content (AvgIpc) is 2.46. The highest BCUT2D eigenvalue weighted by molar-refractivity contribution is 6.31. The minimum Gasteiger partial charge on any atom is -0.341 e. The van der Waals surface area contributed by atoms with Gasteiger partial charge in [-0.2, -0.15) is 0 Å². The van der Waals surface area contributed by atoms with Crippen molar-refractivity contribution in [3.8, 4) is 0 Å². The van der Waals surface area contributed by atoms with Crippen LogP contribution >= 0.6 is 11.6 Å². The first-order valence-corrected chi connectivity index (χ1v) is 7.16. The predicted octanol–water partition coefficient (Wildman–Crippen LogP) is 4.07. The van der Waals surface area contributed by atoms with Crippen LogP contribution < -0.4 is 0 Å². The van der Waals surface area contributed by atoms with Crippen LogP contribution in [0.25, 0.3) is 0 Å². The number of rotatable bonds is 5. The van der Waals surface area contributed by atoms with Crippen molar-refractivity contribution in [2.75, 3.05) is 7.05 Å². The molecule has 110 valence electrons. The molecule has 0 radical (unpaired) electrons. The van der Waals surface area contributed by atoms with Crippen molar-refractivity contribution in [2.45, 2.75) is 19.4 Å². The monoisotopic (exact) mass is 305 g/mol. The molecular formula is C17H17ClFNO. The highest BCUT2D eigenvalue weighted by Crippen LogP contribution is 2.17. The van der Waals surface area contributed by atoms with Crippen molar-refractivity contribution >= 4 is 17.5 Å². The van der Waals surface area contributed by atoms with Gasteiger partial charge in [0.15, 0.2) is 0 Å². The van der Waals surface area contributed by atoms with Crippen LogP contribution in [-0.4, -0.2) is 17.9 Å². The van der Waals surface area contributed by atoms with Crippen molar-refractivity contribution in [3.05, 3.63) is 70.5 Å². The molecule has 0 aliphatic carbocycles. The second-order valence-electron chi connectivity index (χ2n) is 4.97. The van der Waals surface area contributed by atoms with Crippen LogP contribution in [0.5, 0.6) is 0 Å². The lowest BCUT2D eigenvalue weighted by molar-refractivity contribution is -0.130. The molecule has 0 heterocycles. The van der Waals surface area contributed by atoms with Crippen molar-refractivity contribution in [1.82, 2.24) is 4.90 Å². The number of hydrogen-bond acceptors (Lipinski definition) is 1. The van der Waals surface area contributed by atoms with Crippen molar-refractivity contribution < 1.29 is 9.18 Å². The Kier molecular flexibility index (Phi) is 5.34. The number of aryl methyl sites for hydroxylation is 1. The Bertz CT molecular complexity index is 630. The van der Waals surface area contributed by atoms with E-state index < -0.39 is 0 Å². The molecular weight excluding hydrogens is 289 g/mol. The molecule has 2 aromatic carbocycles. The Morgan fingerprint density at radius 3 is 2.67 bits per heavy atom. The standard InChI is InChI=1S/C17H17ClFNO/c1-20(12-13-5-4-7-15(19)11-13)17(21)10-9-14-6-2-3-8-16(14)18/h2-8,11H,9-10,12H2,1H3. The van der Waals surface area contributed by atoms with E-state index in [-0.39, 0.29) is 11.7 Å². The van der Waals surface area contributed by atoms with Crippen LogP contribution in [0.15, 0.2) is 48.5 Å². The topological polar surface area (TPSA) is 20.3 Å². The zero-order valence-electron chi connectivity index (χ0n) is 11.9. The maximum Gasteiger partial charge on any atom is 0.222 e. The summed E-state index contributed by atoms with van der Waals surface area (Å²) in [6.45, 7) is 0.402. The van der Waals surface area contributed by atoms with Crippen LogP contribution in [-0.2, 0) is 17.8 Å². The minimum absolute atomic E-state index is 0.0131. The quantitative estimate of drug-likeness (QED) is 0.815. The van der Waals surface area contributed by atoms with Crippen LogP contribution in [0, 0.1) is 5.82 Å². The van der Waals surface area contributed by atoms with E-state index in [4.69, 9.17) is 11.6 Å². The molecule has 0 unspecified atom stereocenters. The van der Waals surface area contributed by atoms with Gasteiger partial charge in [0, 0.05) is 25.0 Å². The summed E-state index contributed by atoms with van der Waals surface area (Å²) < 4.78 is 13.1. The Labute approximate surface area is 129 Å². The third-order valence-corrected chi connectivity index (χ3v) is 3.67. The van der Waals surface area contributed by atoms with E-state index in [0.717, 1.165) is 11.1 Å². The first-order valence-electron chi connectivity index (χ1n) is 6.78. The molecule has 0 saturated heterocycles. The van der Waals surface area contributed by atoms with E-state index in [9.17, 15) is 9.18 Å². The third kappa shape index (κ3) is 4.57. The molecule has 0 fully saturated rings. The Hall–Kier alpha value is -1.87. The van der Waals surface area contributed by atoms with E-state index in [2.05, 4.69) is 0 Å². The Balaban J connectivity index is 1.90. The van der Waals surface area contributed by atoms with E-state index in [1.54, 1.807) is 24.1 Å². The first-order chi connectivity index (χ1) is 10.1. The molecule has 0 aliphatic rings. The number of nitrogens with zero attached hydrogens (tertiary/aromatic N) is 1. The van der Waals surface area contributed by atoms with Gasteiger partial charge in [-0.3, -0.25) is 4.79 Å². The smallest absolute Gasteiger partial charge is 0.222 e. The zero-order valence-corrected chi connectivity index (χ0v) is 12.6. The van der Waals surface area contributed by atoms with Gasteiger partial charge in [0.25, 0.3) is 0 Å². The first kappa shape index (κ1) is 15.5. The lowest BCUT2D eigenvalue weighted by Gasteiger charge is -2.17. The molecule has 21 heavy (non-hydrogen) atoms. The van der Waals surface area contributed by atoms with E-state index in [0.29, 0.717) is 24.4 Å². The summed E-state index contributed by atoms with van der Waals surface area (Å²) in [5.74, 6) is -0.274. The summed E-state index contributed by atoms with van der Waals surface area (Å²) in [7, 11) is 1.72. The summed E-state index contributed by atoms with van der Waals surface area (Å²) >= 11 is 6.07. The number of hydrogen-bond donors (Lipinski definition) is 0. The summed E-state index contributed by atoms with van der Waals surface area (Å²) in [6.07, 6.45) is 0.988. The van der Waals surface area contributed by atoms with Crippen LogP contribution in [0.1, 0.15) is 17.5 Å². The largest absolute Gasteiger partial charge is 0.341 e. The lowest BCUT2D eigenvalue weighted by atomic mass is 10.1. The third-order valence-electron chi connectivity index (χ3n) is 3.30. The number of halogens is 2. The molecule has 0 aliphatic heterocycles. The maximum atomic E-state index is 13.1. The van der Waals surface area contributed by atoms with Gasteiger partial charge in [-0.1, -0.05) is 41.9 Å². The molecule has 2 nitrogen and oxygen atoms in total. The van der Waals surface area contributed by atoms with Gasteiger partial charge in [-0.05, 0) is 35.7 Å². The van der Waals surface area contributed by atoms with Crippen LogP contribution in [0.4, 0.5) is 4.39 Å². The zero-order chi connectivity index (χ0) is 15.2. The molecule has 0 aromatic heterocycles. The van der Waals surface area contributed by atoms with Crippen molar-refractivity contribution in [3.63, 3.8) is 0 Å². The van der Waals surface area contributed by atoms with Crippen molar-refractivity contribution in [1.29, 1.82) is 0 Å². The van der Waals surface area contributed by atoms with Gasteiger partial charge >= 0.3 is 0 Å². The molecule has 2 aromatic rings. The van der Waals surface area contributed by atoms with Crippen molar-refractivity contribution in [2.24, 2.45) is 0 Å². The molecule has 0 spiro atoms. The van der Waals surface area contributed by atoms with Gasteiger partial charge in [-0.15, -0.1) is 0 Å². The summed E-state index contributed by atoms with van der Waals surface area (Å²) in [5.41, 5.74) is 1.75. The molecule has 0 N–H and O–H groups in total. The fraction of sp³-hybridized carbons (Fsp3) is 0.235. The Morgan fingerprint density at radius 1 is 1.19 bits per heavy atom. The van der Waals surface area contributed by atoms with Gasteiger partial charge in [-0.25, -0.2) is 4.39 Å². The highest BCUT2D eigenvalue weighted by Gasteiger charge is 2.10. The fourth-order valence-corrected chi connectivity index (χ4v) is 2.36. The van der Waals surface area contributed by atoms with E-state index in [1.165, 1.54) is 12.1 Å². The number of carbonyl (C=O) groups is 1. The molecule has 2 rings (SSSR count). The number of amides is 1. The predicted molar refractivity (Wildman–Crippen MR) is 82.6 cm³/mol. The normalized spacial score (nSPS) is 10.4. The van der Waals surface area contributed by atoms with Gasteiger partial charge < -0.3 is 4.90 Å². The molecule has 0 atom stereocenters. The SMILES string of the molecule is CN(Cc1cccc(F)c1)C(=O)CCc1ccccc1Cl. The fourth-order valence-electron chi connectivity index (χ4n) is 2.13. The van der Waals surface area contributed by atoms with Crippen LogP contribution in [0.3, 0.4) is 0 Å². The van der Waals surface area contributed by atoms with Crippen LogP contribution in [0.2, 0.25) is 5.02 Å². The molecule has 4 heteroatoms. The van der Waals surface area contributed by atoms with E-state index >= 15 is 0 Å². The highest BCUT2D eigenvalue weighted by atomic mass is 35.5. The number of benzene rings is 2. The summed E-state index contributed by atoms with van der Waals surface area (Å²) in [5, 5.41) is 0.679. The molecule has 0 bridgehead atoms. The van der Waals surface area contributed by atoms with Gasteiger partial charge in [0.1, 0.15) is 5.82 Å². The second-order valence-corrected chi connectivity index (χ2v) is 5.38. The molecule has 1 amide bonds. The van der Waals surface area contributed by atoms with Gasteiger partial charge in [0.2, 0.25) is 5.91 Å². The molecule has 0 saturated carbocycles. The Morgan fingerprint density at radius 2 is 1.95 bits per heavy atom. The second kappa shape index (κ2) is 7.23. The number of carbonyl (C=O) groups excluding carboxylic acids is 1. The maximum absolute atomic E-state index is 13.1. The summed E-state index contributed by atoms with van der Waals surface area (Å²) in [6, 6.07) is 13.8.